The molecular formula is C13H20O3. The Hall–Kier alpha value is -0.900. The maximum absolute atomic E-state index is 5.62. The second kappa shape index (κ2) is 5.43. The first kappa shape index (κ1) is 13.2. The van der Waals surface area contributed by atoms with E-state index in [4.69, 9.17) is 14.2 Å². The third-order valence-electron chi connectivity index (χ3n) is 2.78. The van der Waals surface area contributed by atoms with Crippen LogP contribution in [0, 0.1) is 0 Å². The van der Waals surface area contributed by atoms with Crippen LogP contribution in [0.3, 0.4) is 0 Å². The maximum Gasteiger partial charge on any atom is 0.182 e. The second-order valence-corrected chi connectivity index (χ2v) is 4.07. The maximum atomic E-state index is 5.62. The molecule has 1 aliphatic rings. The van der Waals surface area contributed by atoms with Crippen LogP contribution in [-0.2, 0) is 14.2 Å². The van der Waals surface area contributed by atoms with Crippen LogP contribution in [0.5, 0.6) is 0 Å². The molecule has 0 aromatic heterocycles. The summed E-state index contributed by atoms with van der Waals surface area (Å²) in [6.07, 6.45) is -0.670. The lowest BCUT2D eigenvalue weighted by Gasteiger charge is -2.21. The molecule has 0 radical (unpaired) electrons. The average Bonchev–Trinajstić information content (AvgIpc) is 2.35. The molecule has 0 bridgehead atoms. The fourth-order valence-electron chi connectivity index (χ4n) is 1.84. The van der Waals surface area contributed by atoms with Crippen molar-refractivity contribution in [3.05, 3.63) is 35.5 Å². The van der Waals surface area contributed by atoms with Gasteiger partial charge >= 0.3 is 0 Å². The molecule has 0 aromatic rings. The van der Waals surface area contributed by atoms with Crippen molar-refractivity contribution in [1.29, 1.82) is 0 Å². The van der Waals surface area contributed by atoms with Crippen LogP contribution in [0.4, 0.5) is 0 Å². The fourth-order valence-corrected chi connectivity index (χ4v) is 1.84. The minimum atomic E-state index is -0.432. The van der Waals surface area contributed by atoms with Crippen molar-refractivity contribution in [3.8, 4) is 0 Å². The van der Waals surface area contributed by atoms with Gasteiger partial charge in [-0.1, -0.05) is 18.7 Å². The Morgan fingerprint density at radius 1 is 1.25 bits per heavy atom. The molecule has 0 amide bonds. The van der Waals surface area contributed by atoms with Gasteiger partial charge in [-0.25, -0.2) is 0 Å². The number of ether oxygens (including phenoxy) is 3. The van der Waals surface area contributed by atoms with E-state index in [1.54, 1.807) is 14.2 Å². The van der Waals surface area contributed by atoms with E-state index in [1.165, 1.54) is 5.57 Å². The summed E-state index contributed by atoms with van der Waals surface area (Å²) < 4.78 is 16.3. The SMILES string of the molecule is C=C1C(=C(C)C)COC(OC)C(=C)C1OC. The van der Waals surface area contributed by atoms with E-state index in [0.717, 1.165) is 16.7 Å². The van der Waals surface area contributed by atoms with Gasteiger partial charge < -0.3 is 14.2 Å². The lowest BCUT2D eigenvalue weighted by Crippen LogP contribution is -2.25. The molecule has 16 heavy (non-hydrogen) atoms. The minimum Gasteiger partial charge on any atom is -0.372 e. The Labute approximate surface area is 97.4 Å². The number of hydrogen-bond donors (Lipinski definition) is 0. The van der Waals surface area contributed by atoms with Crippen molar-refractivity contribution in [2.45, 2.75) is 26.2 Å². The van der Waals surface area contributed by atoms with Crippen LogP contribution >= 0.6 is 0 Å². The molecule has 1 aliphatic heterocycles. The van der Waals surface area contributed by atoms with Gasteiger partial charge in [0, 0.05) is 19.8 Å². The molecule has 0 saturated carbocycles. The van der Waals surface area contributed by atoms with Crippen LogP contribution in [0.2, 0.25) is 0 Å². The predicted octanol–water partition coefficient (Wildman–Crippen LogP) is 2.45. The van der Waals surface area contributed by atoms with Gasteiger partial charge in [-0.3, -0.25) is 0 Å². The van der Waals surface area contributed by atoms with E-state index < -0.39 is 6.29 Å². The lowest BCUT2D eigenvalue weighted by atomic mass is 9.96. The fraction of sp³-hybridized carbons (Fsp3) is 0.538. The predicted molar refractivity (Wildman–Crippen MR) is 64.2 cm³/mol. The standard InChI is InChI=1S/C13H20O3/c1-8(2)11-7-16-13(15-6)10(4)12(14-5)9(11)3/h12-13H,3-4,7H2,1-2,5-6H3. The summed E-state index contributed by atoms with van der Waals surface area (Å²) in [4.78, 5) is 0. The third kappa shape index (κ3) is 2.43. The Morgan fingerprint density at radius 2 is 1.88 bits per heavy atom. The van der Waals surface area contributed by atoms with E-state index in [0.29, 0.717) is 6.61 Å². The molecule has 1 saturated heterocycles. The number of hydrogen-bond acceptors (Lipinski definition) is 3. The highest BCUT2D eigenvalue weighted by Gasteiger charge is 2.30. The summed E-state index contributed by atoms with van der Waals surface area (Å²) in [5.74, 6) is 0. The van der Waals surface area contributed by atoms with Gasteiger partial charge in [0.2, 0.25) is 0 Å². The Morgan fingerprint density at radius 3 is 2.31 bits per heavy atom. The first-order chi connectivity index (χ1) is 7.52. The monoisotopic (exact) mass is 224 g/mol. The van der Waals surface area contributed by atoms with E-state index >= 15 is 0 Å². The number of methoxy groups -OCH3 is 2. The smallest absolute Gasteiger partial charge is 0.182 e. The first-order valence-electron chi connectivity index (χ1n) is 5.24. The Bertz CT molecular complexity index is 324. The van der Waals surface area contributed by atoms with Gasteiger partial charge in [0.25, 0.3) is 0 Å². The second-order valence-electron chi connectivity index (χ2n) is 4.07. The van der Waals surface area contributed by atoms with E-state index in [9.17, 15) is 0 Å². The highest BCUT2D eigenvalue weighted by atomic mass is 16.7. The molecule has 3 heteroatoms. The topological polar surface area (TPSA) is 27.7 Å². The molecule has 3 nitrogen and oxygen atoms in total. The van der Waals surface area contributed by atoms with Gasteiger partial charge in [0.05, 0.1) is 6.61 Å². The zero-order valence-electron chi connectivity index (χ0n) is 10.5. The Kier molecular flexibility index (Phi) is 4.47. The lowest BCUT2D eigenvalue weighted by molar-refractivity contribution is -0.0942. The molecule has 0 spiro atoms. The Balaban J connectivity index is 3.09. The average molecular weight is 224 g/mol. The highest BCUT2D eigenvalue weighted by molar-refractivity contribution is 5.41. The molecule has 1 heterocycles. The minimum absolute atomic E-state index is 0.239. The summed E-state index contributed by atoms with van der Waals surface area (Å²) in [6, 6.07) is 0. The van der Waals surface area contributed by atoms with Gasteiger partial charge in [-0.2, -0.15) is 0 Å². The van der Waals surface area contributed by atoms with Crippen molar-refractivity contribution >= 4 is 0 Å². The normalized spacial score (nSPS) is 26.9. The van der Waals surface area contributed by atoms with E-state index in [1.807, 2.05) is 13.8 Å². The van der Waals surface area contributed by atoms with E-state index in [-0.39, 0.29) is 6.10 Å². The molecule has 90 valence electrons. The molecule has 2 atom stereocenters. The zero-order chi connectivity index (χ0) is 12.3. The van der Waals surface area contributed by atoms with Crippen molar-refractivity contribution in [2.24, 2.45) is 0 Å². The van der Waals surface area contributed by atoms with Crippen LogP contribution < -0.4 is 0 Å². The summed E-state index contributed by atoms with van der Waals surface area (Å²) in [6.45, 7) is 12.6. The van der Waals surface area contributed by atoms with Gasteiger partial charge in [0.15, 0.2) is 6.29 Å². The van der Waals surface area contributed by atoms with Crippen LogP contribution in [0.25, 0.3) is 0 Å². The highest BCUT2D eigenvalue weighted by Crippen LogP contribution is 2.30. The number of allylic oxidation sites excluding steroid dienone is 1. The quantitative estimate of drug-likeness (QED) is 0.674. The molecule has 1 fully saturated rings. The first-order valence-corrected chi connectivity index (χ1v) is 5.24. The molecule has 0 aliphatic carbocycles. The molecule has 0 aromatic carbocycles. The summed E-state index contributed by atoms with van der Waals surface area (Å²) in [5, 5.41) is 0. The van der Waals surface area contributed by atoms with Crippen LogP contribution in [0.15, 0.2) is 35.5 Å². The molecular weight excluding hydrogens is 204 g/mol. The van der Waals surface area contributed by atoms with Gasteiger partial charge in [-0.15, -0.1) is 0 Å². The van der Waals surface area contributed by atoms with Crippen molar-refractivity contribution < 1.29 is 14.2 Å². The van der Waals surface area contributed by atoms with Crippen molar-refractivity contribution in [1.82, 2.24) is 0 Å². The molecule has 1 rings (SSSR count). The number of rotatable bonds is 2. The van der Waals surface area contributed by atoms with Gasteiger partial charge in [-0.05, 0) is 25.0 Å². The summed E-state index contributed by atoms with van der Waals surface area (Å²) >= 11 is 0. The van der Waals surface area contributed by atoms with Gasteiger partial charge in [0.1, 0.15) is 6.10 Å². The third-order valence-corrected chi connectivity index (χ3v) is 2.78. The van der Waals surface area contributed by atoms with Crippen molar-refractivity contribution in [3.63, 3.8) is 0 Å². The largest absolute Gasteiger partial charge is 0.372 e. The molecule has 0 N–H and O–H groups in total. The van der Waals surface area contributed by atoms with Crippen molar-refractivity contribution in [2.75, 3.05) is 20.8 Å². The summed E-state index contributed by atoms with van der Waals surface area (Å²) in [5.41, 5.74) is 3.92. The summed E-state index contributed by atoms with van der Waals surface area (Å²) in [7, 11) is 3.24. The zero-order valence-corrected chi connectivity index (χ0v) is 10.5. The molecule has 2 unspecified atom stereocenters. The van der Waals surface area contributed by atoms with Crippen LogP contribution in [0.1, 0.15) is 13.8 Å². The van der Waals surface area contributed by atoms with E-state index in [2.05, 4.69) is 13.2 Å². The van der Waals surface area contributed by atoms with Crippen LogP contribution in [-0.4, -0.2) is 33.2 Å².